The molecule has 1 unspecified atom stereocenters. The number of benzene rings is 2. The molecule has 1 aliphatic heterocycles. The Morgan fingerprint density at radius 1 is 1.12 bits per heavy atom. The lowest BCUT2D eigenvalue weighted by Gasteiger charge is -2.15. The normalized spacial score (nSPS) is 20.2. The van der Waals surface area contributed by atoms with Crippen LogP contribution in [0.4, 0.5) is 5.69 Å². The van der Waals surface area contributed by atoms with Gasteiger partial charge in [-0.15, -0.1) is 0 Å². The first-order valence-corrected chi connectivity index (χ1v) is 10.4. The molecule has 3 aromatic rings. The van der Waals surface area contributed by atoms with Crippen LogP contribution in [-0.4, -0.2) is 20.4 Å². The summed E-state index contributed by atoms with van der Waals surface area (Å²) in [6.45, 7) is 4.12. The topological polar surface area (TPSA) is 121 Å². The monoisotopic (exact) mass is 473 g/mol. The molecule has 9 nitrogen and oxygen atoms in total. The van der Waals surface area contributed by atoms with E-state index in [1.165, 1.54) is 12.1 Å². The maximum absolute atomic E-state index is 12.6. The van der Waals surface area contributed by atoms with Crippen LogP contribution in [0.3, 0.4) is 0 Å². The second-order valence-corrected chi connectivity index (χ2v) is 9.33. The molecule has 1 aromatic heterocycles. The zero-order valence-electron chi connectivity index (χ0n) is 17.0. The fourth-order valence-electron chi connectivity index (χ4n) is 4.34. The fraction of sp³-hybridized carbons (Fsp3) is 0.238. The smallest absolute Gasteiger partial charge is 0.370 e. The Kier molecular flexibility index (Phi) is 4.25. The molecule has 1 atom stereocenters. The van der Waals surface area contributed by atoms with E-state index in [-0.39, 0.29) is 32.8 Å². The Labute approximate surface area is 191 Å². The predicted octanol–water partition coefficient (Wildman–Crippen LogP) is 2.83. The molecular weight excluding hydrogens is 457 g/mol. The van der Waals surface area contributed by atoms with Crippen molar-refractivity contribution in [1.82, 2.24) is 14.5 Å². The third kappa shape index (κ3) is 2.78. The predicted molar refractivity (Wildman–Crippen MR) is 119 cm³/mol. The average molecular weight is 474 g/mol. The highest BCUT2D eigenvalue weighted by molar-refractivity contribution is 6.37. The van der Waals surface area contributed by atoms with Gasteiger partial charge in [-0.05, 0) is 47.7 Å². The van der Waals surface area contributed by atoms with Crippen LogP contribution in [0.25, 0.3) is 5.69 Å². The minimum atomic E-state index is -0.855. The zero-order valence-corrected chi connectivity index (χ0v) is 18.5. The van der Waals surface area contributed by atoms with Gasteiger partial charge in [0.2, 0.25) is 5.91 Å². The highest BCUT2D eigenvalue weighted by Crippen LogP contribution is 2.68. The number of carbonyl (C=O) groups excluding carboxylic acids is 1. The molecule has 11 heteroatoms. The number of ether oxygens (including phenoxy) is 1. The SMILES string of the molecule is CC1(C)CC12C(=O)Nc1ccc(Oc3c(Cl)cc(-n4ncc(=O)n(N)c4=O)cc3Cl)cc12. The van der Waals surface area contributed by atoms with Gasteiger partial charge in [0, 0.05) is 5.69 Å². The van der Waals surface area contributed by atoms with E-state index in [4.69, 9.17) is 33.8 Å². The first-order valence-electron chi connectivity index (χ1n) is 9.65. The number of carbonyl (C=O) groups is 1. The first-order chi connectivity index (χ1) is 15.0. The highest BCUT2D eigenvalue weighted by atomic mass is 35.5. The summed E-state index contributed by atoms with van der Waals surface area (Å²) in [5.41, 5.74) is -0.442. The minimum absolute atomic E-state index is 0.00532. The van der Waals surface area contributed by atoms with E-state index in [0.717, 1.165) is 28.6 Å². The average Bonchev–Trinajstić information content (AvgIpc) is 3.21. The molecule has 32 heavy (non-hydrogen) atoms. The summed E-state index contributed by atoms with van der Waals surface area (Å²) in [5, 5.41) is 6.96. The Bertz CT molecular complexity index is 1420. The maximum Gasteiger partial charge on any atom is 0.370 e. The molecule has 2 heterocycles. The first kappa shape index (κ1) is 20.6. The molecule has 1 fully saturated rings. The van der Waals surface area contributed by atoms with Gasteiger partial charge in [0.05, 0.1) is 21.1 Å². The lowest BCUT2D eigenvalue weighted by atomic mass is 9.89. The number of anilines is 1. The standard InChI is InChI=1S/C21H17Cl2N5O4/c1-20(2)9-21(20)12-7-11(3-4-15(12)26-18(21)30)32-17-13(22)5-10(6-14(17)23)28-19(31)27(24)16(29)8-25-28/h3-8H,9,24H2,1-2H3,(H,26,30). The van der Waals surface area contributed by atoms with Crippen LogP contribution in [-0.2, 0) is 10.2 Å². The van der Waals surface area contributed by atoms with Crippen LogP contribution in [0.5, 0.6) is 11.5 Å². The van der Waals surface area contributed by atoms with Crippen molar-refractivity contribution in [2.45, 2.75) is 25.7 Å². The Morgan fingerprint density at radius 3 is 2.41 bits per heavy atom. The third-order valence-electron chi connectivity index (χ3n) is 6.18. The van der Waals surface area contributed by atoms with Crippen LogP contribution in [0, 0.1) is 5.41 Å². The van der Waals surface area contributed by atoms with Gasteiger partial charge in [-0.25, -0.2) is 4.79 Å². The molecule has 3 N–H and O–H groups in total. The molecule has 1 saturated carbocycles. The van der Waals surface area contributed by atoms with Crippen molar-refractivity contribution in [1.29, 1.82) is 0 Å². The number of nitrogens with two attached hydrogens (primary N) is 1. The largest absolute Gasteiger partial charge is 0.454 e. The van der Waals surface area contributed by atoms with E-state index < -0.39 is 16.7 Å². The van der Waals surface area contributed by atoms with E-state index in [9.17, 15) is 14.4 Å². The number of aromatic nitrogens is 3. The van der Waals surface area contributed by atoms with Gasteiger partial charge in [0.15, 0.2) is 5.75 Å². The van der Waals surface area contributed by atoms with E-state index in [1.807, 2.05) is 6.07 Å². The molecule has 0 saturated heterocycles. The Hall–Kier alpha value is -3.30. The van der Waals surface area contributed by atoms with Crippen LogP contribution in [0.15, 0.2) is 46.1 Å². The van der Waals surface area contributed by atoms with Crippen molar-refractivity contribution in [2.24, 2.45) is 5.41 Å². The summed E-state index contributed by atoms with van der Waals surface area (Å²) in [7, 11) is 0. The second kappa shape index (κ2) is 6.60. The molecule has 2 aromatic carbocycles. The molecule has 164 valence electrons. The second-order valence-electron chi connectivity index (χ2n) is 8.52. The number of nitrogens with one attached hydrogen (secondary N) is 1. The van der Waals surface area contributed by atoms with Gasteiger partial charge in [0.25, 0.3) is 5.56 Å². The quantitative estimate of drug-likeness (QED) is 0.564. The number of hydrogen-bond acceptors (Lipinski definition) is 6. The van der Waals surface area contributed by atoms with E-state index in [2.05, 4.69) is 24.3 Å². The summed E-state index contributed by atoms with van der Waals surface area (Å²) < 4.78 is 7.29. The highest BCUT2D eigenvalue weighted by Gasteiger charge is 2.70. The van der Waals surface area contributed by atoms with Crippen LogP contribution < -0.4 is 27.1 Å². The zero-order chi connectivity index (χ0) is 23.0. The molecule has 0 bridgehead atoms. The molecule has 0 radical (unpaired) electrons. The van der Waals surface area contributed by atoms with Crippen molar-refractivity contribution in [2.75, 3.05) is 11.2 Å². The lowest BCUT2D eigenvalue weighted by molar-refractivity contribution is -0.118. The van der Waals surface area contributed by atoms with Crippen molar-refractivity contribution < 1.29 is 9.53 Å². The van der Waals surface area contributed by atoms with Crippen molar-refractivity contribution in [3.63, 3.8) is 0 Å². The number of nitrogen functional groups attached to an aromatic ring is 1. The molecular formula is C21H17Cl2N5O4. The summed E-state index contributed by atoms with van der Waals surface area (Å²) in [5.74, 6) is 6.07. The van der Waals surface area contributed by atoms with Crippen molar-refractivity contribution in [3.05, 3.63) is 73.0 Å². The van der Waals surface area contributed by atoms with Crippen LogP contribution in [0.1, 0.15) is 25.8 Å². The van der Waals surface area contributed by atoms with E-state index in [0.29, 0.717) is 10.4 Å². The third-order valence-corrected chi connectivity index (χ3v) is 6.74. The van der Waals surface area contributed by atoms with Gasteiger partial charge in [-0.1, -0.05) is 37.0 Å². The molecule has 1 amide bonds. The van der Waals surface area contributed by atoms with E-state index in [1.54, 1.807) is 12.1 Å². The fourth-order valence-corrected chi connectivity index (χ4v) is 4.90. The van der Waals surface area contributed by atoms with Crippen LogP contribution >= 0.6 is 23.2 Å². The lowest BCUT2D eigenvalue weighted by Crippen LogP contribution is -2.44. The van der Waals surface area contributed by atoms with Crippen LogP contribution in [0.2, 0.25) is 10.0 Å². The van der Waals surface area contributed by atoms with Gasteiger partial charge in [-0.3, -0.25) is 9.59 Å². The van der Waals surface area contributed by atoms with E-state index >= 15 is 0 Å². The Morgan fingerprint density at radius 2 is 1.78 bits per heavy atom. The summed E-state index contributed by atoms with van der Waals surface area (Å²) in [4.78, 5) is 36.3. The Balaban J connectivity index is 1.52. The van der Waals surface area contributed by atoms with Gasteiger partial charge in [0.1, 0.15) is 11.9 Å². The molecule has 2 aliphatic rings. The molecule has 1 aliphatic carbocycles. The minimum Gasteiger partial charge on any atom is -0.454 e. The maximum atomic E-state index is 12.6. The number of hydrogen-bond donors (Lipinski definition) is 2. The summed E-state index contributed by atoms with van der Waals surface area (Å²) in [6, 6.07) is 8.16. The van der Waals surface area contributed by atoms with Gasteiger partial charge < -0.3 is 15.9 Å². The van der Waals surface area contributed by atoms with Crippen molar-refractivity contribution >= 4 is 34.8 Å². The number of rotatable bonds is 3. The number of fused-ring (bicyclic) bond motifs is 2. The summed E-state index contributed by atoms with van der Waals surface area (Å²) >= 11 is 12.8. The summed E-state index contributed by atoms with van der Waals surface area (Å²) in [6.07, 6.45) is 1.66. The number of nitrogens with zero attached hydrogens (tertiary/aromatic N) is 3. The molecule has 1 spiro atoms. The number of halogens is 2. The van der Waals surface area contributed by atoms with Crippen molar-refractivity contribution in [3.8, 4) is 17.2 Å². The van der Waals surface area contributed by atoms with Gasteiger partial charge >= 0.3 is 5.69 Å². The number of amides is 1. The molecule has 5 rings (SSSR count). The van der Waals surface area contributed by atoms with Gasteiger partial charge in [-0.2, -0.15) is 14.5 Å².